The van der Waals surface area contributed by atoms with Crippen LogP contribution in [0.4, 0.5) is 0 Å². The minimum atomic E-state index is -0.907. The number of benzene rings is 2. The molecule has 0 aliphatic carbocycles. The first-order valence-corrected chi connectivity index (χ1v) is 12.0. The van der Waals surface area contributed by atoms with Gasteiger partial charge in [0.25, 0.3) is 0 Å². The van der Waals surface area contributed by atoms with E-state index >= 15 is 0 Å². The summed E-state index contributed by atoms with van der Waals surface area (Å²) in [6, 6.07) is 13.6. The van der Waals surface area contributed by atoms with Crippen molar-refractivity contribution in [2.45, 2.75) is 47.2 Å². The van der Waals surface area contributed by atoms with Crippen molar-refractivity contribution < 1.29 is 19.4 Å². The van der Waals surface area contributed by atoms with E-state index < -0.39 is 5.97 Å². The van der Waals surface area contributed by atoms with Crippen molar-refractivity contribution in [3.8, 4) is 11.5 Å². The van der Waals surface area contributed by atoms with Crippen molar-refractivity contribution in [1.82, 2.24) is 9.88 Å². The summed E-state index contributed by atoms with van der Waals surface area (Å²) < 4.78 is 13.4. The number of aromatic nitrogens is 1. The zero-order valence-electron chi connectivity index (χ0n) is 20.3. The Morgan fingerprint density at radius 2 is 1.74 bits per heavy atom. The van der Waals surface area contributed by atoms with Crippen LogP contribution in [0.25, 0.3) is 0 Å². The number of nitrogens with one attached hydrogen (secondary N) is 1. The van der Waals surface area contributed by atoms with Gasteiger partial charge in [-0.25, -0.2) is 4.79 Å². The number of hydrogen-bond acceptors (Lipinski definition) is 4. The van der Waals surface area contributed by atoms with Gasteiger partial charge in [-0.1, -0.05) is 29.8 Å². The van der Waals surface area contributed by atoms with Crippen molar-refractivity contribution in [3.05, 3.63) is 81.1 Å². The van der Waals surface area contributed by atoms with E-state index in [0.29, 0.717) is 43.4 Å². The van der Waals surface area contributed by atoms with E-state index in [2.05, 4.69) is 5.32 Å². The van der Waals surface area contributed by atoms with Gasteiger partial charge in [0.05, 0.1) is 18.8 Å². The molecule has 0 saturated carbocycles. The number of nitrogens with zero attached hydrogens (tertiary/aromatic N) is 1. The normalized spacial score (nSPS) is 11.0. The molecule has 182 valence electrons. The lowest BCUT2D eigenvalue weighted by atomic mass is 10.1. The van der Waals surface area contributed by atoms with Crippen LogP contribution in [-0.4, -0.2) is 35.4 Å². The minimum absolute atomic E-state index is 0.367. The summed E-state index contributed by atoms with van der Waals surface area (Å²) in [6.07, 6.45) is 0.788. The number of ether oxygens (including phenoxy) is 2. The maximum atomic E-state index is 12.1. The number of aromatic carboxylic acids is 1. The molecule has 0 bridgehead atoms. The Labute approximate surface area is 206 Å². The molecule has 2 N–H and O–H groups in total. The highest BCUT2D eigenvalue weighted by molar-refractivity contribution is 6.30. The SMILES string of the molecule is CCOc1ccc(CCNCc2c(C(=O)O)c(C)n(Cc3cccc(Cl)c3)c2C)cc1OCC. The highest BCUT2D eigenvalue weighted by atomic mass is 35.5. The molecule has 7 heteroatoms. The topological polar surface area (TPSA) is 72.7 Å². The van der Waals surface area contributed by atoms with Gasteiger partial charge in [-0.15, -0.1) is 0 Å². The number of halogens is 1. The molecule has 6 nitrogen and oxygen atoms in total. The number of carboxylic acid groups (broad SMARTS) is 1. The van der Waals surface area contributed by atoms with Crippen molar-refractivity contribution in [2.24, 2.45) is 0 Å². The van der Waals surface area contributed by atoms with Gasteiger partial charge < -0.3 is 24.5 Å². The van der Waals surface area contributed by atoms with Crippen LogP contribution in [-0.2, 0) is 19.5 Å². The van der Waals surface area contributed by atoms with Crippen LogP contribution in [0.1, 0.15) is 52.3 Å². The van der Waals surface area contributed by atoms with E-state index in [0.717, 1.165) is 46.0 Å². The minimum Gasteiger partial charge on any atom is -0.490 e. The predicted octanol–water partition coefficient (Wildman–Crippen LogP) is 5.63. The Morgan fingerprint density at radius 3 is 2.41 bits per heavy atom. The van der Waals surface area contributed by atoms with Crippen LogP contribution in [0.5, 0.6) is 11.5 Å². The Balaban J connectivity index is 1.71. The molecule has 0 aliphatic heterocycles. The Kier molecular flexibility index (Phi) is 9.02. The highest BCUT2D eigenvalue weighted by Crippen LogP contribution is 2.29. The maximum absolute atomic E-state index is 12.1. The molecule has 0 aliphatic rings. The molecule has 2 aromatic carbocycles. The van der Waals surface area contributed by atoms with Gasteiger partial charge in [-0.3, -0.25) is 0 Å². The van der Waals surface area contributed by atoms with Crippen molar-refractivity contribution >= 4 is 17.6 Å². The van der Waals surface area contributed by atoms with E-state index in [9.17, 15) is 9.90 Å². The first-order valence-electron chi connectivity index (χ1n) is 11.6. The number of carboxylic acids is 1. The van der Waals surface area contributed by atoms with Gasteiger partial charge >= 0.3 is 5.97 Å². The fourth-order valence-corrected chi connectivity index (χ4v) is 4.41. The third kappa shape index (κ3) is 6.13. The molecule has 34 heavy (non-hydrogen) atoms. The van der Waals surface area contributed by atoms with Crippen molar-refractivity contribution in [2.75, 3.05) is 19.8 Å². The van der Waals surface area contributed by atoms with Crippen LogP contribution in [0.15, 0.2) is 42.5 Å². The second-order valence-corrected chi connectivity index (χ2v) is 8.56. The summed E-state index contributed by atoms with van der Waals surface area (Å²) in [7, 11) is 0. The van der Waals surface area contributed by atoms with Crippen LogP contribution in [0.3, 0.4) is 0 Å². The molecule has 1 aromatic heterocycles. The smallest absolute Gasteiger partial charge is 0.337 e. The summed E-state index contributed by atoms with van der Waals surface area (Å²) >= 11 is 6.14. The molecule has 0 radical (unpaired) electrons. The number of rotatable bonds is 12. The van der Waals surface area contributed by atoms with Gasteiger partial charge in [-0.05, 0) is 76.1 Å². The summed E-state index contributed by atoms with van der Waals surface area (Å²) in [4.78, 5) is 12.1. The number of carbonyl (C=O) groups is 1. The van der Waals surface area contributed by atoms with Crippen molar-refractivity contribution in [1.29, 1.82) is 0 Å². The number of hydrogen-bond donors (Lipinski definition) is 2. The van der Waals surface area contributed by atoms with Crippen molar-refractivity contribution in [3.63, 3.8) is 0 Å². The fourth-order valence-electron chi connectivity index (χ4n) is 4.20. The maximum Gasteiger partial charge on any atom is 0.337 e. The average Bonchev–Trinajstić information content (AvgIpc) is 3.03. The van der Waals surface area contributed by atoms with Crippen LogP contribution < -0.4 is 14.8 Å². The standard InChI is InChI=1S/C27H33ClN2O4/c1-5-33-24-11-10-20(15-25(24)34-6-2)12-13-29-16-23-18(3)30(19(4)26(23)27(31)32)17-21-8-7-9-22(28)14-21/h7-11,14-15,29H,5-6,12-13,16-17H2,1-4H3,(H,31,32). The average molecular weight is 485 g/mol. The quantitative estimate of drug-likeness (QED) is 0.326. The lowest BCUT2D eigenvalue weighted by molar-refractivity contribution is 0.0694. The summed E-state index contributed by atoms with van der Waals surface area (Å²) in [6.45, 7) is 10.7. The van der Waals surface area contributed by atoms with E-state index in [4.69, 9.17) is 21.1 Å². The monoisotopic (exact) mass is 484 g/mol. The largest absolute Gasteiger partial charge is 0.490 e. The molecule has 1 heterocycles. The lowest BCUT2D eigenvalue weighted by Gasteiger charge is -2.13. The molecule has 3 aromatic rings. The highest BCUT2D eigenvalue weighted by Gasteiger charge is 2.22. The van der Waals surface area contributed by atoms with Gasteiger partial charge in [0.2, 0.25) is 0 Å². The second-order valence-electron chi connectivity index (χ2n) is 8.12. The first kappa shape index (κ1) is 25.7. The molecule has 0 spiro atoms. The molecule has 0 unspecified atom stereocenters. The Hall–Kier alpha value is -2.96. The van der Waals surface area contributed by atoms with Crippen LogP contribution in [0.2, 0.25) is 5.02 Å². The Bertz CT molecular complexity index is 1140. The van der Waals surface area contributed by atoms with Crippen LogP contribution in [0, 0.1) is 13.8 Å². The third-order valence-electron chi connectivity index (χ3n) is 5.85. The fraction of sp³-hybridized carbons (Fsp3) is 0.370. The van der Waals surface area contributed by atoms with E-state index in [1.165, 1.54) is 0 Å². The zero-order chi connectivity index (χ0) is 24.7. The van der Waals surface area contributed by atoms with Gasteiger partial charge in [-0.2, -0.15) is 0 Å². The summed E-state index contributed by atoms with van der Waals surface area (Å²) in [5, 5.41) is 14.0. The molecule has 0 amide bonds. The lowest BCUT2D eigenvalue weighted by Crippen LogP contribution is -2.19. The zero-order valence-corrected chi connectivity index (χ0v) is 21.0. The van der Waals surface area contributed by atoms with E-state index in [-0.39, 0.29) is 0 Å². The first-order chi connectivity index (χ1) is 16.3. The molecular weight excluding hydrogens is 452 g/mol. The molecule has 3 rings (SSSR count). The van der Waals surface area contributed by atoms with Gasteiger partial charge in [0, 0.05) is 35.1 Å². The van der Waals surface area contributed by atoms with Gasteiger partial charge in [0.15, 0.2) is 11.5 Å². The molecule has 0 fully saturated rings. The van der Waals surface area contributed by atoms with E-state index in [1.807, 2.05) is 74.7 Å². The Morgan fingerprint density at radius 1 is 1.00 bits per heavy atom. The third-order valence-corrected chi connectivity index (χ3v) is 6.09. The predicted molar refractivity (Wildman–Crippen MR) is 136 cm³/mol. The molecule has 0 saturated heterocycles. The van der Waals surface area contributed by atoms with E-state index in [1.54, 1.807) is 0 Å². The molecular formula is C27H33ClN2O4. The summed E-state index contributed by atoms with van der Waals surface area (Å²) in [5.74, 6) is 0.592. The second kappa shape index (κ2) is 12.0. The van der Waals surface area contributed by atoms with Crippen LogP contribution >= 0.6 is 11.6 Å². The molecule has 0 atom stereocenters. The van der Waals surface area contributed by atoms with Gasteiger partial charge in [0.1, 0.15) is 0 Å². The summed E-state index contributed by atoms with van der Waals surface area (Å²) in [5.41, 5.74) is 5.03.